The van der Waals surface area contributed by atoms with E-state index in [2.05, 4.69) is 0 Å². The van der Waals surface area contributed by atoms with Gasteiger partial charge in [-0.05, 0) is 26.7 Å². The minimum atomic E-state index is -0.770. The van der Waals surface area contributed by atoms with E-state index in [1.807, 2.05) is 13.8 Å². The third-order valence-corrected chi connectivity index (χ3v) is 3.24. The molecule has 0 spiro atoms. The van der Waals surface area contributed by atoms with Crippen molar-refractivity contribution in [1.29, 1.82) is 0 Å². The molecule has 0 aromatic rings. The lowest BCUT2D eigenvalue weighted by atomic mass is 9.97. The zero-order valence-corrected chi connectivity index (χ0v) is 11.6. The molecule has 0 bridgehead atoms. The maximum atomic E-state index is 11.9. The summed E-state index contributed by atoms with van der Waals surface area (Å²) in [6, 6.07) is 0. The maximum Gasteiger partial charge on any atom is 0.306 e. The molecule has 0 aliphatic carbocycles. The number of hydrogen-bond acceptors (Lipinski definition) is 4. The van der Waals surface area contributed by atoms with Crippen LogP contribution in [0, 0.1) is 5.92 Å². The molecule has 1 N–H and O–H groups in total. The third kappa shape index (κ3) is 5.57. The topological polar surface area (TPSA) is 76.1 Å². The molecule has 1 aliphatic rings. The van der Waals surface area contributed by atoms with Crippen LogP contribution in [-0.4, -0.2) is 60.9 Å². The van der Waals surface area contributed by atoms with Gasteiger partial charge in [0, 0.05) is 19.7 Å². The summed E-state index contributed by atoms with van der Waals surface area (Å²) in [5.74, 6) is -1.16. The molecule has 1 saturated heterocycles. The Morgan fingerprint density at radius 1 is 1.37 bits per heavy atom. The summed E-state index contributed by atoms with van der Waals surface area (Å²) in [7, 11) is 0. The van der Waals surface area contributed by atoms with Gasteiger partial charge in [-0.2, -0.15) is 0 Å². The van der Waals surface area contributed by atoms with Gasteiger partial charge in [-0.25, -0.2) is 0 Å². The Balaban J connectivity index is 2.22. The van der Waals surface area contributed by atoms with Crippen molar-refractivity contribution in [3.8, 4) is 0 Å². The Kier molecular flexibility index (Phi) is 6.80. The molecule has 19 heavy (non-hydrogen) atoms. The van der Waals surface area contributed by atoms with E-state index in [4.69, 9.17) is 14.6 Å². The number of carbonyl (C=O) groups excluding carboxylic acids is 1. The molecule has 6 nitrogen and oxygen atoms in total. The van der Waals surface area contributed by atoms with E-state index in [0.29, 0.717) is 39.1 Å². The van der Waals surface area contributed by atoms with Crippen molar-refractivity contribution in [2.24, 2.45) is 5.92 Å². The first kappa shape index (κ1) is 15.9. The second kappa shape index (κ2) is 8.12. The smallest absolute Gasteiger partial charge is 0.306 e. The van der Waals surface area contributed by atoms with E-state index in [-0.39, 0.29) is 24.5 Å². The number of likely N-dealkylation sites (tertiary alicyclic amines) is 1. The molecule has 1 atom stereocenters. The number of aliphatic carboxylic acids is 1. The number of carboxylic acid groups (broad SMARTS) is 1. The maximum absolute atomic E-state index is 11.9. The largest absolute Gasteiger partial charge is 0.481 e. The Bertz CT molecular complexity index is 299. The first-order chi connectivity index (χ1) is 9.04. The van der Waals surface area contributed by atoms with E-state index in [1.54, 1.807) is 4.90 Å². The van der Waals surface area contributed by atoms with Gasteiger partial charge < -0.3 is 19.5 Å². The Morgan fingerprint density at radius 3 is 2.53 bits per heavy atom. The first-order valence-electron chi connectivity index (χ1n) is 6.74. The highest BCUT2D eigenvalue weighted by atomic mass is 16.5. The third-order valence-electron chi connectivity index (χ3n) is 3.24. The van der Waals surface area contributed by atoms with Crippen LogP contribution in [0.4, 0.5) is 0 Å². The van der Waals surface area contributed by atoms with Gasteiger partial charge in [0.2, 0.25) is 5.91 Å². The number of hydrogen-bond donors (Lipinski definition) is 1. The quantitative estimate of drug-likeness (QED) is 0.741. The number of rotatable bonds is 7. The van der Waals surface area contributed by atoms with Crippen LogP contribution in [0.25, 0.3) is 0 Å². The van der Waals surface area contributed by atoms with Crippen LogP contribution in [-0.2, 0) is 19.1 Å². The van der Waals surface area contributed by atoms with Gasteiger partial charge in [-0.1, -0.05) is 0 Å². The SMILES string of the molecule is CCOCC(C)OCC(=O)N1CCC(C(=O)O)CC1. The van der Waals surface area contributed by atoms with Crippen LogP contribution in [0.3, 0.4) is 0 Å². The zero-order valence-electron chi connectivity index (χ0n) is 11.6. The first-order valence-corrected chi connectivity index (χ1v) is 6.74. The van der Waals surface area contributed by atoms with E-state index >= 15 is 0 Å². The Morgan fingerprint density at radius 2 is 2.00 bits per heavy atom. The second-order valence-corrected chi connectivity index (χ2v) is 4.77. The minimum absolute atomic E-state index is 0.0337. The summed E-state index contributed by atoms with van der Waals surface area (Å²) in [6.45, 7) is 5.91. The monoisotopic (exact) mass is 273 g/mol. The van der Waals surface area contributed by atoms with Gasteiger partial charge in [0.25, 0.3) is 0 Å². The highest BCUT2D eigenvalue weighted by Crippen LogP contribution is 2.17. The van der Waals surface area contributed by atoms with Crippen LogP contribution in [0.2, 0.25) is 0 Å². The highest BCUT2D eigenvalue weighted by Gasteiger charge is 2.27. The molecule has 1 amide bonds. The van der Waals surface area contributed by atoms with Crippen molar-refractivity contribution < 1.29 is 24.2 Å². The lowest BCUT2D eigenvalue weighted by Crippen LogP contribution is -2.42. The molecule has 0 aromatic carbocycles. The zero-order chi connectivity index (χ0) is 14.3. The molecule has 1 heterocycles. The molecule has 1 rings (SSSR count). The van der Waals surface area contributed by atoms with Crippen molar-refractivity contribution in [2.45, 2.75) is 32.8 Å². The number of piperidine rings is 1. The van der Waals surface area contributed by atoms with Crippen molar-refractivity contribution in [3.63, 3.8) is 0 Å². The van der Waals surface area contributed by atoms with Crippen molar-refractivity contribution in [1.82, 2.24) is 4.90 Å². The average Bonchev–Trinajstić information content (AvgIpc) is 2.42. The number of carboxylic acids is 1. The predicted molar refractivity (Wildman–Crippen MR) is 68.8 cm³/mol. The van der Waals surface area contributed by atoms with Crippen LogP contribution >= 0.6 is 0 Å². The van der Waals surface area contributed by atoms with Crippen LogP contribution < -0.4 is 0 Å². The summed E-state index contributed by atoms with van der Waals surface area (Å²) in [5, 5.41) is 8.88. The fraction of sp³-hybridized carbons (Fsp3) is 0.846. The summed E-state index contributed by atoms with van der Waals surface area (Å²) in [5.41, 5.74) is 0. The number of carbonyl (C=O) groups is 2. The number of nitrogens with zero attached hydrogens (tertiary/aromatic N) is 1. The standard InChI is InChI=1S/C13H23NO5/c1-3-18-8-10(2)19-9-12(15)14-6-4-11(5-7-14)13(16)17/h10-11H,3-9H2,1-2H3,(H,16,17). The second-order valence-electron chi connectivity index (χ2n) is 4.77. The lowest BCUT2D eigenvalue weighted by Gasteiger charge is -2.30. The van der Waals surface area contributed by atoms with Crippen molar-refractivity contribution >= 4 is 11.9 Å². The molecule has 0 saturated carbocycles. The van der Waals surface area contributed by atoms with Gasteiger partial charge >= 0.3 is 5.97 Å². The van der Waals surface area contributed by atoms with E-state index < -0.39 is 5.97 Å². The van der Waals surface area contributed by atoms with Crippen LogP contribution in [0.1, 0.15) is 26.7 Å². The Hall–Kier alpha value is -1.14. The van der Waals surface area contributed by atoms with E-state index in [9.17, 15) is 9.59 Å². The molecule has 110 valence electrons. The lowest BCUT2D eigenvalue weighted by molar-refractivity contribution is -0.147. The Labute approximate surface area is 113 Å². The fourth-order valence-corrected chi connectivity index (χ4v) is 2.01. The predicted octanol–water partition coefficient (Wildman–Crippen LogP) is 0.751. The summed E-state index contributed by atoms with van der Waals surface area (Å²) >= 11 is 0. The van der Waals surface area contributed by atoms with Crippen LogP contribution in [0.15, 0.2) is 0 Å². The highest BCUT2D eigenvalue weighted by molar-refractivity contribution is 5.78. The molecular weight excluding hydrogens is 250 g/mol. The van der Waals surface area contributed by atoms with Gasteiger partial charge in [0.05, 0.1) is 18.6 Å². The summed E-state index contributed by atoms with van der Waals surface area (Å²) < 4.78 is 10.6. The average molecular weight is 273 g/mol. The molecule has 0 aromatic heterocycles. The minimum Gasteiger partial charge on any atom is -0.481 e. The van der Waals surface area contributed by atoms with Crippen LogP contribution in [0.5, 0.6) is 0 Å². The normalized spacial score (nSPS) is 18.3. The molecule has 1 unspecified atom stereocenters. The van der Waals surface area contributed by atoms with Gasteiger partial charge in [0.1, 0.15) is 6.61 Å². The van der Waals surface area contributed by atoms with Crippen molar-refractivity contribution in [3.05, 3.63) is 0 Å². The molecule has 1 aliphatic heterocycles. The van der Waals surface area contributed by atoms with E-state index in [0.717, 1.165) is 0 Å². The van der Waals surface area contributed by atoms with Gasteiger partial charge in [0.15, 0.2) is 0 Å². The molecule has 0 radical (unpaired) electrons. The summed E-state index contributed by atoms with van der Waals surface area (Å²) in [4.78, 5) is 24.3. The molecular formula is C13H23NO5. The number of ether oxygens (including phenoxy) is 2. The molecule has 6 heteroatoms. The van der Waals surface area contributed by atoms with Gasteiger partial charge in [-0.3, -0.25) is 9.59 Å². The summed E-state index contributed by atoms with van der Waals surface area (Å²) in [6.07, 6.45) is 0.936. The number of amides is 1. The molecule has 1 fully saturated rings. The van der Waals surface area contributed by atoms with E-state index in [1.165, 1.54) is 0 Å². The van der Waals surface area contributed by atoms with Gasteiger partial charge in [-0.15, -0.1) is 0 Å². The fourth-order valence-electron chi connectivity index (χ4n) is 2.01. The van der Waals surface area contributed by atoms with Crippen molar-refractivity contribution in [2.75, 3.05) is 32.9 Å².